The highest BCUT2D eigenvalue weighted by molar-refractivity contribution is 5.45. The van der Waals surface area contributed by atoms with Crippen molar-refractivity contribution in [2.45, 2.75) is 39.7 Å². The van der Waals surface area contributed by atoms with Crippen LogP contribution in [0, 0.1) is 16.7 Å². The van der Waals surface area contributed by atoms with Gasteiger partial charge in [-0.3, -0.25) is 4.90 Å². The molecule has 1 aliphatic heterocycles. The monoisotopic (exact) mass is 272 g/mol. The van der Waals surface area contributed by atoms with Gasteiger partial charge in [0.2, 0.25) is 0 Å². The molecule has 2 rings (SSSR count). The summed E-state index contributed by atoms with van der Waals surface area (Å²) >= 11 is 0. The molecule has 1 saturated heterocycles. The van der Waals surface area contributed by atoms with Crippen molar-refractivity contribution in [1.82, 2.24) is 4.90 Å². The molecule has 1 fully saturated rings. The van der Waals surface area contributed by atoms with E-state index in [1.54, 1.807) is 7.11 Å². The van der Waals surface area contributed by atoms with E-state index in [0.29, 0.717) is 16.7 Å². The first-order valence-corrected chi connectivity index (χ1v) is 7.45. The van der Waals surface area contributed by atoms with Crippen molar-refractivity contribution in [3.63, 3.8) is 0 Å². The molecule has 0 N–H and O–H groups in total. The third-order valence-electron chi connectivity index (χ3n) is 4.81. The zero-order valence-corrected chi connectivity index (χ0v) is 12.8. The number of methoxy groups -OCH3 is 1. The summed E-state index contributed by atoms with van der Waals surface area (Å²) in [4.78, 5) is 2.51. The Morgan fingerprint density at radius 2 is 2.10 bits per heavy atom. The van der Waals surface area contributed by atoms with Gasteiger partial charge in [0.15, 0.2) is 0 Å². The Balaban J connectivity index is 2.07. The van der Waals surface area contributed by atoms with Gasteiger partial charge in [0.05, 0.1) is 12.7 Å². The minimum absolute atomic E-state index is 0.504. The van der Waals surface area contributed by atoms with Gasteiger partial charge < -0.3 is 4.74 Å². The summed E-state index contributed by atoms with van der Waals surface area (Å²) in [6.45, 7) is 7.87. The number of nitrogens with zero attached hydrogens (tertiary/aromatic N) is 2. The van der Waals surface area contributed by atoms with Crippen molar-refractivity contribution in [1.29, 1.82) is 5.26 Å². The normalized spacial score (nSPS) is 17.9. The summed E-state index contributed by atoms with van der Waals surface area (Å²) in [5, 5.41) is 9.15. The fraction of sp³-hybridized carbons (Fsp3) is 0.588. The van der Waals surface area contributed by atoms with Crippen LogP contribution < -0.4 is 4.74 Å². The highest BCUT2D eigenvalue weighted by atomic mass is 16.5. The van der Waals surface area contributed by atoms with Gasteiger partial charge in [0, 0.05) is 13.1 Å². The van der Waals surface area contributed by atoms with E-state index in [4.69, 9.17) is 10.00 Å². The van der Waals surface area contributed by atoms with Crippen LogP contribution in [0.25, 0.3) is 0 Å². The fourth-order valence-corrected chi connectivity index (χ4v) is 3.19. The topological polar surface area (TPSA) is 36.3 Å². The molecule has 0 unspecified atom stereocenters. The largest absolute Gasteiger partial charge is 0.495 e. The zero-order valence-electron chi connectivity index (χ0n) is 12.8. The van der Waals surface area contributed by atoms with Crippen molar-refractivity contribution in [2.24, 2.45) is 5.41 Å². The van der Waals surface area contributed by atoms with E-state index in [9.17, 15) is 0 Å². The molecule has 1 aliphatic rings. The highest BCUT2D eigenvalue weighted by Crippen LogP contribution is 2.37. The molecule has 0 radical (unpaired) electrons. The predicted octanol–water partition coefficient (Wildman–Crippen LogP) is 3.58. The molecular formula is C17H24N2O. The maximum atomic E-state index is 9.15. The first-order valence-electron chi connectivity index (χ1n) is 7.45. The number of benzene rings is 1. The number of hydrogen-bond donors (Lipinski definition) is 0. The lowest BCUT2D eigenvalue weighted by Gasteiger charge is -2.26. The van der Waals surface area contributed by atoms with Crippen molar-refractivity contribution in [2.75, 3.05) is 20.2 Å². The summed E-state index contributed by atoms with van der Waals surface area (Å²) < 4.78 is 5.19. The lowest BCUT2D eigenvalue weighted by atomic mass is 9.82. The van der Waals surface area contributed by atoms with Crippen molar-refractivity contribution in [3.05, 3.63) is 29.3 Å². The molecule has 1 heterocycles. The van der Waals surface area contributed by atoms with Gasteiger partial charge in [-0.1, -0.05) is 19.9 Å². The van der Waals surface area contributed by atoms with Gasteiger partial charge in [-0.25, -0.2) is 0 Å². The van der Waals surface area contributed by atoms with Crippen molar-refractivity contribution < 1.29 is 4.74 Å². The van der Waals surface area contributed by atoms with E-state index in [0.717, 1.165) is 13.1 Å². The summed E-state index contributed by atoms with van der Waals surface area (Å²) in [7, 11) is 1.60. The zero-order chi connectivity index (χ0) is 14.6. The molecule has 0 bridgehead atoms. The molecule has 0 saturated carbocycles. The molecule has 1 aromatic carbocycles. The molecule has 3 heteroatoms. The van der Waals surface area contributed by atoms with Crippen LogP contribution in [0.3, 0.4) is 0 Å². The van der Waals surface area contributed by atoms with Crippen LogP contribution in [0.1, 0.15) is 44.2 Å². The lowest BCUT2D eigenvalue weighted by Crippen LogP contribution is -2.26. The number of ether oxygens (including phenoxy) is 1. The standard InChI is InChI=1S/C17H24N2O/c1-4-17(5-2)8-9-19(13-17)12-14-6-7-16(20-3)15(10-14)11-18/h6-7,10H,4-5,8-9,12-13H2,1-3H3. The van der Waals surface area contributed by atoms with Crippen LogP contribution in [0.15, 0.2) is 18.2 Å². The molecule has 0 atom stereocenters. The summed E-state index contributed by atoms with van der Waals surface area (Å²) in [6.07, 6.45) is 3.80. The van der Waals surface area contributed by atoms with E-state index in [1.807, 2.05) is 12.1 Å². The van der Waals surface area contributed by atoms with Gasteiger partial charge in [-0.05, 0) is 48.9 Å². The Labute approximate surface area is 122 Å². The molecule has 3 nitrogen and oxygen atoms in total. The smallest absolute Gasteiger partial charge is 0.136 e. The van der Waals surface area contributed by atoms with E-state index >= 15 is 0 Å². The first kappa shape index (κ1) is 14.9. The second kappa shape index (κ2) is 6.28. The second-order valence-corrected chi connectivity index (χ2v) is 5.81. The van der Waals surface area contributed by atoms with Gasteiger partial charge >= 0.3 is 0 Å². The molecule has 0 amide bonds. The van der Waals surface area contributed by atoms with Gasteiger partial charge in [0.1, 0.15) is 11.8 Å². The minimum Gasteiger partial charge on any atom is -0.495 e. The van der Waals surface area contributed by atoms with E-state index in [2.05, 4.69) is 30.9 Å². The summed E-state index contributed by atoms with van der Waals surface area (Å²) in [5.41, 5.74) is 2.33. The van der Waals surface area contributed by atoms with Crippen LogP contribution >= 0.6 is 0 Å². The van der Waals surface area contributed by atoms with Crippen molar-refractivity contribution in [3.8, 4) is 11.8 Å². The number of hydrogen-bond acceptors (Lipinski definition) is 3. The molecule has 20 heavy (non-hydrogen) atoms. The number of nitriles is 1. The second-order valence-electron chi connectivity index (χ2n) is 5.81. The van der Waals surface area contributed by atoms with Crippen LogP contribution in [0.2, 0.25) is 0 Å². The van der Waals surface area contributed by atoms with E-state index in [1.165, 1.54) is 31.4 Å². The van der Waals surface area contributed by atoms with Crippen LogP contribution in [0.5, 0.6) is 5.75 Å². The molecule has 0 aromatic heterocycles. The third kappa shape index (κ3) is 2.96. The first-order chi connectivity index (χ1) is 9.66. The quantitative estimate of drug-likeness (QED) is 0.822. The summed E-state index contributed by atoms with van der Waals surface area (Å²) in [6, 6.07) is 8.13. The predicted molar refractivity (Wildman–Crippen MR) is 80.6 cm³/mol. The molecule has 108 valence electrons. The Morgan fingerprint density at radius 3 is 2.65 bits per heavy atom. The summed E-state index contributed by atoms with van der Waals surface area (Å²) in [5.74, 6) is 0.661. The van der Waals surface area contributed by atoms with Crippen molar-refractivity contribution >= 4 is 0 Å². The number of likely N-dealkylation sites (tertiary alicyclic amines) is 1. The van der Waals surface area contributed by atoms with E-state index < -0.39 is 0 Å². The van der Waals surface area contributed by atoms with Crippen LogP contribution in [-0.2, 0) is 6.54 Å². The molecule has 0 aliphatic carbocycles. The molecule has 0 spiro atoms. The molecule has 1 aromatic rings. The van der Waals surface area contributed by atoms with Gasteiger partial charge in [-0.15, -0.1) is 0 Å². The average Bonchev–Trinajstić information content (AvgIpc) is 2.91. The third-order valence-corrected chi connectivity index (χ3v) is 4.81. The number of rotatable bonds is 5. The van der Waals surface area contributed by atoms with Gasteiger partial charge in [-0.2, -0.15) is 5.26 Å². The Kier molecular flexibility index (Phi) is 4.67. The Bertz CT molecular complexity index is 500. The fourth-order valence-electron chi connectivity index (χ4n) is 3.19. The Hall–Kier alpha value is -1.53. The lowest BCUT2D eigenvalue weighted by molar-refractivity contribution is 0.236. The van der Waals surface area contributed by atoms with Gasteiger partial charge in [0.25, 0.3) is 0 Å². The SMILES string of the molecule is CCC1(CC)CCN(Cc2ccc(OC)c(C#N)c2)C1. The maximum absolute atomic E-state index is 9.15. The molecular weight excluding hydrogens is 248 g/mol. The highest BCUT2D eigenvalue weighted by Gasteiger charge is 2.34. The van der Waals surface area contributed by atoms with E-state index in [-0.39, 0.29) is 0 Å². The van der Waals surface area contributed by atoms with Crippen LogP contribution in [-0.4, -0.2) is 25.1 Å². The minimum atomic E-state index is 0.504. The average molecular weight is 272 g/mol. The van der Waals surface area contributed by atoms with Crippen LogP contribution in [0.4, 0.5) is 0 Å². The maximum Gasteiger partial charge on any atom is 0.136 e. The Morgan fingerprint density at radius 1 is 1.35 bits per heavy atom.